The summed E-state index contributed by atoms with van der Waals surface area (Å²) < 4.78 is 75.1. The molecular weight excluding hydrogens is 397 g/mol. The van der Waals surface area contributed by atoms with E-state index in [0.717, 1.165) is 12.1 Å². The maximum Gasteiger partial charge on any atom is 0.204 e. The molecule has 2 N–H and O–H groups in total. The molecule has 0 unspecified atom stereocenters. The molecule has 0 aliphatic carbocycles. The number of hydrogen-bond acceptors (Lipinski definition) is 5. The zero-order valence-corrected chi connectivity index (χ0v) is 14.6. The Balaban J connectivity index is 1.78. The van der Waals surface area contributed by atoms with Crippen LogP contribution in [0.15, 0.2) is 30.6 Å². The van der Waals surface area contributed by atoms with E-state index in [1.54, 1.807) is 7.05 Å². The summed E-state index contributed by atoms with van der Waals surface area (Å²) in [5.41, 5.74) is 6.33. The van der Waals surface area contributed by atoms with Crippen molar-refractivity contribution in [2.75, 3.05) is 5.73 Å². The normalized spacial score (nSPS) is 11.2. The van der Waals surface area contributed by atoms with Gasteiger partial charge in [-0.25, -0.2) is 27.8 Å². The summed E-state index contributed by atoms with van der Waals surface area (Å²) in [6.07, 6.45) is 1.23. The fraction of sp³-hybridized carbons (Fsp3) is 0.0556. The van der Waals surface area contributed by atoms with Crippen molar-refractivity contribution in [3.05, 3.63) is 59.7 Å². The Labute approximate surface area is 159 Å². The maximum atomic E-state index is 14.7. The predicted octanol–water partition coefficient (Wildman–Crippen LogP) is 4.10. The Kier molecular flexibility index (Phi) is 4.29. The molecule has 11 heteroatoms. The fourth-order valence-electron chi connectivity index (χ4n) is 2.81. The summed E-state index contributed by atoms with van der Waals surface area (Å²) >= 11 is 0. The standard InChI is InChI=1S/C18H10F5N5O/c1-28-18-12(17(24)25-6-26-18)15(27-28)8-3-2-7(4-9(8)19)29-16-13(22)10(20)5-11(21)14(16)23/h2-6H,1H3,(H2,24,25,26). The largest absolute Gasteiger partial charge is 0.451 e. The number of hydrogen-bond donors (Lipinski definition) is 1. The molecule has 0 aliphatic rings. The van der Waals surface area contributed by atoms with Gasteiger partial charge in [0.15, 0.2) is 17.3 Å². The first kappa shape index (κ1) is 18.6. The number of anilines is 1. The molecule has 148 valence electrons. The second-order valence-electron chi connectivity index (χ2n) is 5.97. The monoisotopic (exact) mass is 407 g/mol. The van der Waals surface area contributed by atoms with E-state index in [1.807, 2.05) is 0 Å². The van der Waals surface area contributed by atoms with Crippen molar-refractivity contribution in [2.45, 2.75) is 0 Å². The maximum absolute atomic E-state index is 14.7. The number of benzene rings is 2. The molecule has 2 aromatic heterocycles. The van der Waals surface area contributed by atoms with Crippen LogP contribution < -0.4 is 10.5 Å². The van der Waals surface area contributed by atoms with Crippen LogP contribution in [-0.4, -0.2) is 19.7 Å². The average Bonchev–Trinajstić information content (AvgIpc) is 3.01. The van der Waals surface area contributed by atoms with Crippen molar-refractivity contribution in [3.63, 3.8) is 0 Å². The number of aryl methyl sites for hydroxylation is 1. The van der Waals surface area contributed by atoms with Gasteiger partial charge >= 0.3 is 0 Å². The highest BCUT2D eigenvalue weighted by Gasteiger charge is 2.23. The molecule has 0 aliphatic heterocycles. The summed E-state index contributed by atoms with van der Waals surface area (Å²) in [5, 5.41) is 4.49. The first-order chi connectivity index (χ1) is 13.8. The highest BCUT2D eigenvalue weighted by molar-refractivity contribution is 5.98. The summed E-state index contributed by atoms with van der Waals surface area (Å²) in [6.45, 7) is 0. The van der Waals surface area contributed by atoms with Crippen molar-refractivity contribution in [2.24, 2.45) is 7.05 Å². The highest BCUT2D eigenvalue weighted by Crippen LogP contribution is 2.35. The topological polar surface area (TPSA) is 78.9 Å². The number of nitrogens with two attached hydrogens (primary N) is 1. The summed E-state index contributed by atoms with van der Waals surface area (Å²) in [4.78, 5) is 7.89. The van der Waals surface area contributed by atoms with Crippen LogP contribution in [0.4, 0.5) is 27.8 Å². The molecule has 0 radical (unpaired) electrons. The molecular formula is C18H10F5N5O. The lowest BCUT2D eigenvalue weighted by molar-refractivity contribution is 0.365. The molecule has 0 spiro atoms. The SMILES string of the molecule is Cn1nc(-c2ccc(Oc3c(F)c(F)cc(F)c3F)cc2F)c2c(N)ncnc21. The minimum absolute atomic E-state index is 0.0178. The molecule has 0 saturated carbocycles. The summed E-state index contributed by atoms with van der Waals surface area (Å²) in [6, 6.07) is 3.20. The third-order valence-corrected chi connectivity index (χ3v) is 4.14. The molecule has 0 amide bonds. The van der Waals surface area contributed by atoms with Gasteiger partial charge in [0.05, 0.1) is 5.39 Å². The van der Waals surface area contributed by atoms with E-state index >= 15 is 0 Å². The number of rotatable bonds is 3. The number of nitrogens with zero attached hydrogens (tertiary/aromatic N) is 4. The van der Waals surface area contributed by atoms with Crippen molar-refractivity contribution < 1.29 is 26.7 Å². The Morgan fingerprint density at radius 2 is 1.62 bits per heavy atom. The second-order valence-corrected chi connectivity index (χ2v) is 5.97. The van der Waals surface area contributed by atoms with E-state index in [0.29, 0.717) is 11.0 Å². The Morgan fingerprint density at radius 3 is 2.28 bits per heavy atom. The van der Waals surface area contributed by atoms with Crippen molar-refractivity contribution in [1.29, 1.82) is 0 Å². The van der Waals surface area contributed by atoms with E-state index in [1.165, 1.54) is 17.1 Å². The van der Waals surface area contributed by atoms with Crippen LogP contribution in [0.2, 0.25) is 0 Å². The van der Waals surface area contributed by atoms with Crippen LogP contribution in [0.1, 0.15) is 0 Å². The Bertz CT molecular complexity index is 1250. The molecule has 6 nitrogen and oxygen atoms in total. The van der Waals surface area contributed by atoms with Crippen molar-refractivity contribution >= 4 is 16.9 Å². The van der Waals surface area contributed by atoms with Gasteiger partial charge in [-0.1, -0.05) is 0 Å². The van der Waals surface area contributed by atoms with Gasteiger partial charge in [0.1, 0.15) is 29.4 Å². The minimum atomic E-state index is -1.74. The van der Waals surface area contributed by atoms with Gasteiger partial charge in [0.25, 0.3) is 0 Å². The van der Waals surface area contributed by atoms with Crippen LogP contribution >= 0.6 is 0 Å². The molecule has 4 rings (SSSR count). The zero-order valence-electron chi connectivity index (χ0n) is 14.6. The number of nitrogen functional groups attached to an aromatic ring is 1. The molecule has 0 atom stereocenters. The van der Waals surface area contributed by atoms with Gasteiger partial charge in [-0.2, -0.15) is 13.9 Å². The van der Waals surface area contributed by atoms with Crippen LogP contribution in [-0.2, 0) is 7.05 Å². The Morgan fingerprint density at radius 1 is 0.931 bits per heavy atom. The van der Waals surface area contributed by atoms with Gasteiger partial charge in [-0.3, -0.25) is 0 Å². The van der Waals surface area contributed by atoms with E-state index in [9.17, 15) is 22.0 Å². The zero-order chi connectivity index (χ0) is 20.9. The van der Waals surface area contributed by atoms with E-state index in [-0.39, 0.29) is 23.1 Å². The number of halogens is 5. The lowest BCUT2D eigenvalue weighted by Crippen LogP contribution is -2.00. The number of fused-ring (bicyclic) bond motifs is 1. The molecule has 2 aromatic carbocycles. The third kappa shape index (κ3) is 3.00. The fourth-order valence-corrected chi connectivity index (χ4v) is 2.81. The Hall–Kier alpha value is -3.76. The molecule has 29 heavy (non-hydrogen) atoms. The molecule has 2 heterocycles. The van der Waals surface area contributed by atoms with Crippen molar-refractivity contribution in [1.82, 2.24) is 19.7 Å². The smallest absolute Gasteiger partial charge is 0.204 e. The third-order valence-electron chi connectivity index (χ3n) is 4.14. The van der Waals surface area contributed by atoms with E-state index in [4.69, 9.17) is 10.5 Å². The van der Waals surface area contributed by atoms with Crippen LogP contribution in [0.5, 0.6) is 11.5 Å². The molecule has 0 fully saturated rings. The van der Waals surface area contributed by atoms with Gasteiger partial charge in [0, 0.05) is 24.7 Å². The van der Waals surface area contributed by atoms with Gasteiger partial charge in [0.2, 0.25) is 17.4 Å². The van der Waals surface area contributed by atoms with E-state index in [2.05, 4.69) is 15.1 Å². The number of ether oxygens (including phenoxy) is 1. The summed E-state index contributed by atoms with van der Waals surface area (Å²) in [5.74, 6) is -9.30. The average molecular weight is 407 g/mol. The second kappa shape index (κ2) is 6.69. The molecule has 0 bridgehead atoms. The lowest BCUT2D eigenvalue weighted by Gasteiger charge is -2.10. The first-order valence-electron chi connectivity index (χ1n) is 8.02. The quantitative estimate of drug-likeness (QED) is 0.409. The van der Waals surface area contributed by atoms with Crippen molar-refractivity contribution in [3.8, 4) is 22.8 Å². The van der Waals surface area contributed by atoms with Crippen LogP contribution in [0, 0.1) is 29.1 Å². The van der Waals surface area contributed by atoms with Gasteiger partial charge in [-0.15, -0.1) is 0 Å². The minimum Gasteiger partial charge on any atom is -0.451 e. The van der Waals surface area contributed by atoms with Gasteiger partial charge < -0.3 is 10.5 Å². The first-order valence-corrected chi connectivity index (χ1v) is 8.02. The number of aromatic nitrogens is 4. The van der Waals surface area contributed by atoms with Crippen LogP contribution in [0.3, 0.4) is 0 Å². The molecule has 4 aromatic rings. The molecule has 0 saturated heterocycles. The van der Waals surface area contributed by atoms with E-state index < -0.39 is 40.6 Å². The van der Waals surface area contributed by atoms with Crippen LogP contribution in [0.25, 0.3) is 22.3 Å². The predicted molar refractivity (Wildman–Crippen MR) is 92.5 cm³/mol. The highest BCUT2D eigenvalue weighted by atomic mass is 19.2. The lowest BCUT2D eigenvalue weighted by atomic mass is 10.1. The summed E-state index contributed by atoms with van der Waals surface area (Å²) in [7, 11) is 1.58. The van der Waals surface area contributed by atoms with Gasteiger partial charge in [-0.05, 0) is 12.1 Å².